The molecular weight excluding hydrogens is 295 g/mol. The van der Waals surface area contributed by atoms with Gasteiger partial charge in [-0.25, -0.2) is 12.8 Å². The van der Waals surface area contributed by atoms with Gasteiger partial charge < -0.3 is 10.8 Å². The molecule has 3 N–H and O–H groups in total. The predicted molar refractivity (Wildman–Crippen MR) is 77.6 cm³/mol. The van der Waals surface area contributed by atoms with Crippen LogP contribution in [0.2, 0.25) is 0 Å². The quantitative estimate of drug-likeness (QED) is 0.845. The number of nitrogen functional groups attached to an aromatic ring is 1. The Morgan fingerprint density at radius 2 is 1.95 bits per heavy atom. The second kappa shape index (κ2) is 5.71. The Morgan fingerprint density at radius 3 is 2.57 bits per heavy atom. The van der Waals surface area contributed by atoms with E-state index in [4.69, 9.17) is 5.73 Å². The molecule has 0 bridgehead atoms. The van der Waals surface area contributed by atoms with Crippen LogP contribution >= 0.6 is 0 Å². The molecule has 0 aliphatic heterocycles. The smallest absolute Gasteiger partial charge is 0.245 e. The molecule has 0 spiro atoms. The summed E-state index contributed by atoms with van der Waals surface area (Å²) in [5.74, 6) is -0.540. The summed E-state index contributed by atoms with van der Waals surface area (Å²) in [5.41, 5.74) is 6.06. The molecule has 0 aliphatic carbocycles. The van der Waals surface area contributed by atoms with Crippen molar-refractivity contribution in [2.75, 3.05) is 12.8 Å². The zero-order chi connectivity index (χ0) is 15.6. The van der Waals surface area contributed by atoms with Crippen LogP contribution < -0.4 is 5.73 Å². The van der Waals surface area contributed by atoms with Gasteiger partial charge in [-0.05, 0) is 35.9 Å². The van der Waals surface area contributed by atoms with E-state index in [2.05, 4.69) is 0 Å². The topological polar surface area (TPSA) is 83.6 Å². The van der Waals surface area contributed by atoms with Gasteiger partial charge >= 0.3 is 0 Å². The number of hydrogen-bond donors (Lipinski definition) is 2. The minimum atomic E-state index is -3.84. The van der Waals surface area contributed by atoms with Gasteiger partial charge in [0.25, 0.3) is 0 Å². The highest BCUT2D eigenvalue weighted by Crippen LogP contribution is 2.24. The first-order valence-corrected chi connectivity index (χ1v) is 7.54. The zero-order valence-electron chi connectivity index (χ0n) is 11.3. The van der Waals surface area contributed by atoms with E-state index in [9.17, 15) is 17.9 Å². The molecule has 0 heterocycles. The number of hydrogen-bond acceptors (Lipinski definition) is 4. The third kappa shape index (κ3) is 3.32. The number of phenolic OH excluding ortho intramolecular Hbond substituents is 1. The van der Waals surface area contributed by atoms with Crippen molar-refractivity contribution in [1.29, 1.82) is 0 Å². The first-order valence-electron chi connectivity index (χ1n) is 6.10. The summed E-state index contributed by atoms with van der Waals surface area (Å²) in [6, 6.07) is 9.44. The van der Waals surface area contributed by atoms with Gasteiger partial charge in [0, 0.05) is 13.6 Å². The summed E-state index contributed by atoms with van der Waals surface area (Å²) >= 11 is 0. The fourth-order valence-corrected chi connectivity index (χ4v) is 3.17. The Bertz CT molecular complexity index is 763. The molecule has 0 aliphatic rings. The molecule has 2 aromatic carbocycles. The van der Waals surface area contributed by atoms with Gasteiger partial charge in [-0.3, -0.25) is 0 Å². The van der Waals surface area contributed by atoms with E-state index in [1.165, 1.54) is 19.2 Å². The average Bonchev–Trinajstić information content (AvgIpc) is 2.38. The van der Waals surface area contributed by atoms with Gasteiger partial charge in [0.05, 0.1) is 5.69 Å². The number of halogens is 1. The lowest BCUT2D eigenvalue weighted by atomic mass is 10.2. The van der Waals surface area contributed by atoms with Crippen LogP contribution in [0.25, 0.3) is 0 Å². The van der Waals surface area contributed by atoms with Crippen molar-refractivity contribution in [2.45, 2.75) is 11.4 Å². The van der Waals surface area contributed by atoms with Crippen molar-refractivity contribution < 1.29 is 17.9 Å². The summed E-state index contributed by atoms with van der Waals surface area (Å²) < 4.78 is 38.9. The van der Waals surface area contributed by atoms with Crippen LogP contribution in [0, 0.1) is 5.82 Å². The van der Waals surface area contributed by atoms with E-state index in [0.29, 0.717) is 5.56 Å². The third-order valence-electron chi connectivity index (χ3n) is 2.98. The average molecular weight is 310 g/mol. The Balaban J connectivity index is 2.30. The van der Waals surface area contributed by atoms with Crippen molar-refractivity contribution in [2.24, 2.45) is 0 Å². The number of phenols is 1. The standard InChI is InChI=1S/C14H15FN2O3S/c1-17(9-10-3-2-4-12(18)7-10)21(19,20)14-6-5-11(15)8-13(14)16/h2-8,18H,9,16H2,1H3. The number of benzene rings is 2. The molecule has 2 aromatic rings. The van der Waals surface area contributed by atoms with E-state index in [0.717, 1.165) is 22.5 Å². The molecule has 0 unspecified atom stereocenters. The molecule has 21 heavy (non-hydrogen) atoms. The molecule has 0 fully saturated rings. The number of aromatic hydroxyl groups is 1. The first-order chi connectivity index (χ1) is 9.80. The summed E-state index contributed by atoms with van der Waals surface area (Å²) in [7, 11) is -2.45. The van der Waals surface area contributed by atoms with Crippen molar-refractivity contribution in [3.8, 4) is 5.75 Å². The van der Waals surface area contributed by atoms with Gasteiger partial charge in [0.1, 0.15) is 16.5 Å². The second-order valence-electron chi connectivity index (χ2n) is 4.61. The summed E-state index contributed by atoms with van der Waals surface area (Å²) in [6.07, 6.45) is 0. The lowest BCUT2D eigenvalue weighted by molar-refractivity contribution is 0.458. The molecule has 5 nitrogen and oxygen atoms in total. The van der Waals surface area contributed by atoms with Crippen LogP contribution in [0.5, 0.6) is 5.75 Å². The van der Waals surface area contributed by atoms with Crippen molar-refractivity contribution >= 4 is 15.7 Å². The molecule has 112 valence electrons. The van der Waals surface area contributed by atoms with Gasteiger partial charge in [-0.1, -0.05) is 12.1 Å². The third-order valence-corrected chi connectivity index (χ3v) is 4.85. The molecule has 0 amide bonds. The maximum absolute atomic E-state index is 13.0. The molecule has 0 saturated heterocycles. The van der Waals surface area contributed by atoms with E-state index in [-0.39, 0.29) is 22.9 Å². The maximum Gasteiger partial charge on any atom is 0.245 e. The van der Waals surface area contributed by atoms with Crippen molar-refractivity contribution in [1.82, 2.24) is 4.31 Å². The van der Waals surface area contributed by atoms with Crippen LogP contribution in [0.15, 0.2) is 47.4 Å². The molecule has 2 rings (SSSR count). The number of nitrogens with zero attached hydrogens (tertiary/aromatic N) is 1. The number of rotatable bonds is 4. The van der Waals surface area contributed by atoms with Crippen LogP contribution in [0.1, 0.15) is 5.56 Å². The van der Waals surface area contributed by atoms with Crippen LogP contribution in [0.3, 0.4) is 0 Å². The Hall–Kier alpha value is -2.12. The fraction of sp³-hybridized carbons (Fsp3) is 0.143. The lowest BCUT2D eigenvalue weighted by Gasteiger charge is -2.18. The normalized spacial score (nSPS) is 11.8. The highest BCUT2D eigenvalue weighted by molar-refractivity contribution is 7.89. The molecule has 0 saturated carbocycles. The van der Waals surface area contributed by atoms with Gasteiger partial charge in [0.2, 0.25) is 10.0 Å². The minimum Gasteiger partial charge on any atom is -0.508 e. The highest BCUT2D eigenvalue weighted by Gasteiger charge is 2.23. The number of anilines is 1. The Morgan fingerprint density at radius 1 is 1.24 bits per heavy atom. The molecular formula is C14H15FN2O3S. The first kappa shape index (κ1) is 15.3. The minimum absolute atomic E-state index is 0.0552. The Kier molecular flexibility index (Phi) is 4.15. The van der Waals surface area contributed by atoms with Gasteiger partial charge in [-0.15, -0.1) is 0 Å². The summed E-state index contributed by atoms with van der Waals surface area (Å²) in [4.78, 5) is -0.147. The van der Waals surface area contributed by atoms with E-state index in [1.807, 2.05) is 0 Å². The van der Waals surface area contributed by atoms with Gasteiger partial charge in [-0.2, -0.15) is 4.31 Å². The SMILES string of the molecule is CN(Cc1cccc(O)c1)S(=O)(=O)c1ccc(F)cc1N. The predicted octanol–water partition coefficient (Wildman–Crippen LogP) is 1.93. The molecule has 0 radical (unpaired) electrons. The second-order valence-corrected chi connectivity index (χ2v) is 6.63. The molecule has 7 heteroatoms. The van der Waals surface area contributed by atoms with E-state index in [1.54, 1.807) is 12.1 Å². The monoisotopic (exact) mass is 310 g/mol. The largest absolute Gasteiger partial charge is 0.508 e. The fourth-order valence-electron chi connectivity index (χ4n) is 1.92. The van der Waals surface area contributed by atoms with Crippen molar-refractivity contribution in [3.05, 3.63) is 53.8 Å². The highest BCUT2D eigenvalue weighted by atomic mass is 32.2. The van der Waals surface area contributed by atoms with Crippen LogP contribution in [0.4, 0.5) is 10.1 Å². The maximum atomic E-state index is 13.0. The van der Waals surface area contributed by atoms with Crippen LogP contribution in [-0.4, -0.2) is 24.9 Å². The lowest BCUT2D eigenvalue weighted by Crippen LogP contribution is -2.27. The summed E-state index contributed by atoms with van der Waals surface area (Å²) in [6.45, 7) is 0.0630. The van der Waals surface area contributed by atoms with Crippen LogP contribution in [-0.2, 0) is 16.6 Å². The molecule has 0 atom stereocenters. The van der Waals surface area contributed by atoms with Gasteiger partial charge in [0.15, 0.2) is 0 Å². The number of nitrogens with two attached hydrogens (primary N) is 1. The van der Waals surface area contributed by atoms with E-state index < -0.39 is 15.8 Å². The summed E-state index contributed by atoms with van der Waals surface area (Å²) in [5, 5.41) is 9.39. The van der Waals surface area contributed by atoms with Crippen molar-refractivity contribution in [3.63, 3.8) is 0 Å². The van der Waals surface area contributed by atoms with E-state index >= 15 is 0 Å². The number of sulfonamides is 1. The Labute approximate surface area is 122 Å². The molecule has 0 aromatic heterocycles. The zero-order valence-corrected chi connectivity index (χ0v) is 12.1.